The van der Waals surface area contributed by atoms with E-state index in [2.05, 4.69) is 0 Å². The molecule has 6 heteroatoms. The second-order valence-electron chi connectivity index (χ2n) is 4.21. The van der Waals surface area contributed by atoms with Crippen LogP contribution in [0.1, 0.15) is 21.5 Å². The van der Waals surface area contributed by atoms with E-state index in [-0.39, 0.29) is 27.3 Å². The van der Waals surface area contributed by atoms with Crippen molar-refractivity contribution in [1.29, 1.82) is 5.26 Å². The highest BCUT2D eigenvalue weighted by atomic mass is 32.2. The van der Waals surface area contributed by atoms with Crippen LogP contribution in [0.15, 0.2) is 47.4 Å². The normalized spacial score (nSPS) is 11.6. The molecule has 0 spiro atoms. The van der Waals surface area contributed by atoms with Crippen LogP contribution in [0.4, 0.5) is 4.39 Å². The van der Waals surface area contributed by atoms with Crippen molar-refractivity contribution in [3.63, 3.8) is 0 Å². The minimum absolute atomic E-state index is 0.0762. The van der Waals surface area contributed by atoms with Gasteiger partial charge >= 0.3 is 5.97 Å². The zero-order chi connectivity index (χ0) is 15.4. The second-order valence-corrected chi connectivity index (χ2v) is 5.63. The molecule has 106 valence electrons. The third-order valence-electron chi connectivity index (χ3n) is 2.82. The van der Waals surface area contributed by atoms with Gasteiger partial charge in [-0.05, 0) is 30.3 Å². The van der Waals surface area contributed by atoms with Gasteiger partial charge in [0.05, 0.1) is 38.6 Å². The minimum atomic E-state index is -1.72. The molecule has 0 heterocycles. The van der Waals surface area contributed by atoms with Crippen molar-refractivity contribution in [2.75, 3.05) is 0 Å². The number of halogens is 1. The highest BCUT2D eigenvalue weighted by Gasteiger charge is 2.16. The molecular weight excluding hydrogens is 293 g/mol. The molecule has 0 aliphatic heterocycles. The molecule has 0 aliphatic rings. The average molecular weight is 303 g/mol. The van der Waals surface area contributed by atoms with Crippen LogP contribution in [-0.2, 0) is 16.6 Å². The molecule has 2 rings (SSSR count). The maximum absolute atomic E-state index is 13.7. The van der Waals surface area contributed by atoms with Gasteiger partial charge in [0.2, 0.25) is 0 Å². The summed E-state index contributed by atoms with van der Waals surface area (Å²) in [6.07, 6.45) is 0. The van der Waals surface area contributed by atoms with Gasteiger partial charge in [-0.3, -0.25) is 4.21 Å². The third kappa shape index (κ3) is 3.33. The van der Waals surface area contributed by atoms with Gasteiger partial charge in [0.15, 0.2) is 0 Å². The summed E-state index contributed by atoms with van der Waals surface area (Å²) in [5, 5.41) is 17.9. The van der Waals surface area contributed by atoms with Gasteiger partial charge < -0.3 is 5.11 Å². The van der Waals surface area contributed by atoms with E-state index in [0.29, 0.717) is 0 Å². The van der Waals surface area contributed by atoms with E-state index in [1.54, 1.807) is 6.07 Å². The lowest BCUT2D eigenvalue weighted by Crippen LogP contribution is -2.06. The Morgan fingerprint density at radius 2 is 2.00 bits per heavy atom. The number of hydrogen-bond acceptors (Lipinski definition) is 3. The number of aromatic carboxylic acids is 1. The Bertz CT molecular complexity index is 768. The van der Waals surface area contributed by atoms with E-state index >= 15 is 0 Å². The first-order valence-corrected chi connectivity index (χ1v) is 7.24. The van der Waals surface area contributed by atoms with Gasteiger partial charge in [-0.1, -0.05) is 12.1 Å². The van der Waals surface area contributed by atoms with Crippen LogP contribution in [0.5, 0.6) is 0 Å². The van der Waals surface area contributed by atoms with E-state index in [1.807, 2.05) is 6.07 Å². The fourth-order valence-corrected chi connectivity index (χ4v) is 3.11. The summed E-state index contributed by atoms with van der Waals surface area (Å²) in [6, 6.07) is 11.5. The predicted molar refractivity (Wildman–Crippen MR) is 74.6 cm³/mol. The fourth-order valence-electron chi connectivity index (χ4n) is 1.82. The van der Waals surface area contributed by atoms with Gasteiger partial charge in [0.1, 0.15) is 5.82 Å². The molecule has 0 saturated heterocycles. The van der Waals surface area contributed by atoms with E-state index in [0.717, 1.165) is 6.07 Å². The SMILES string of the molecule is N#Cc1ccc(F)c(CS(=O)c2ccccc2C(=O)O)c1. The maximum atomic E-state index is 13.7. The summed E-state index contributed by atoms with van der Waals surface area (Å²) in [5.74, 6) is -1.95. The molecule has 0 radical (unpaired) electrons. The third-order valence-corrected chi connectivity index (χ3v) is 4.24. The molecule has 1 unspecified atom stereocenters. The first-order valence-electron chi connectivity index (χ1n) is 5.92. The highest BCUT2D eigenvalue weighted by Crippen LogP contribution is 2.19. The Hall–Kier alpha value is -2.52. The van der Waals surface area contributed by atoms with Gasteiger partial charge in [0.25, 0.3) is 0 Å². The summed E-state index contributed by atoms with van der Waals surface area (Å²) in [4.78, 5) is 11.2. The van der Waals surface area contributed by atoms with Crippen molar-refractivity contribution in [2.24, 2.45) is 0 Å². The maximum Gasteiger partial charge on any atom is 0.336 e. The number of carboxylic acids is 1. The van der Waals surface area contributed by atoms with Crippen molar-refractivity contribution in [2.45, 2.75) is 10.6 Å². The van der Waals surface area contributed by atoms with Crippen LogP contribution in [0, 0.1) is 17.1 Å². The van der Waals surface area contributed by atoms with Crippen LogP contribution in [0.3, 0.4) is 0 Å². The van der Waals surface area contributed by atoms with Crippen LogP contribution < -0.4 is 0 Å². The highest BCUT2D eigenvalue weighted by molar-refractivity contribution is 7.84. The molecule has 2 aromatic rings. The van der Waals surface area contributed by atoms with Crippen molar-refractivity contribution in [3.8, 4) is 6.07 Å². The summed E-state index contributed by atoms with van der Waals surface area (Å²) in [7, 11) is -1.72. The second kappa shape index (κ2) is 6.29. The Morgan fingerprint density at radius 1 is 1.29 bits per heavy atom. The molecule has 0 fully saturated rings. The van der Waals surface area contributed by atoms with E-state index < -0.39 is 22.6 Å². The Kier molecular flexibility index (Phi) is 4.45. The molecule has 1 N–H and O–H groups in total. The molecule has 0 amide bonds. The van der Waals surface area contributed by atoms with Crippen LogP contribution in [0.2, 0.25) is 0 Å². The lowest BCUT2D eigenvalue weighted by atomic mass is 10.1. The number of nitrogens with zero attached hydrogens (tertiary/aromatic N) is 1. The number of carbonyl (C=O) groups is 1. The summed E-state index contributed by atoms with van der Waals surface area (Å²) < 4.78 is 26.0. The molecular formula is C15H10FNO3S. The van der Waals surface area contributed by atoms with E-state index in [4.69, 9.17) is 10.4 Å². The van der Waals surface area contributed by atoms with Crippen LogP contribution >= 0.6 is 0 Å². The quantitative estimate of drug-likeness (QED) is 0.942. The number of hydrogen-bond donors (Lipinski definition) is 1. The molecule has 0 bridgehead atoms. The van der Waals surface area contributed by atoms with E-state index in [1.165, 1.54) is 30.3 Å². The van der Waals surface area contributed by atoms with Crippen molar-refractivity contribution in [3.05, 3.63) is 65.0 Å². The Morgan fingerprint density at radius 3 is 2.67 bits per heavy atom. The molecule has 1 atom stereocenters. The number of nitriles is 1. The molecule has 0 aliphatic carbocycles. The molecule has 2 aromatic carbocycles. The smallest absolute Gasteiger partial charge is 0.336 e. The zero-order valence-corrected chi connectivity index (χ0v) is 11.6. The molecule has 0 aromatic heterocycles. The average Bonchev–Trinajstić information content (AvgIpc) is 2.49. The number of carboxylic acid groups (broad SMARTS) is 1. The largest absolute Gasteiger partial charge is 0.478 e. The van der Waals surface area contributed by atoms with Gasteiger partial charge in [-0.15, -0.1) is 0 Å². The van der Waals surface area contributed by atoms with Crippen molar-refractivity contribution < 1.29 is 18.5 Å². The summed E-state index contributed by atoms with van der Waals surface area (Å²) in [5.41, 5.74) is 0.301. The lowest BCUT2D eigenvalue weighted by molar-refractivity contribution is 0.0693. The first-order chi connectivity index (χ1) is 10.0. The minimum Gasteiger partial charge on any atom is -0.478 e. The lowest BCUT2D eigenvalue weighted by Gasteiger charge is -2.07. The first kappa shape index (κ1) is 14.9. The van der Waals surface area contributed by atoms with Crippen molar-refractivity contribution in [1.82, 2.24) is 0 Å². The number of benzene rings is 2. The molecule has 21 heavy (non-hydrogen) atoms. The number of rotatable bonds is 4. The monoisotopic (exact) mass is 303 g/mol. The van der Waals surface area contributed by atoms with Gasteiger partial charge in [-0.2, -0.15) is 5.26 Å². The molecule has 0 saturated carbocycles. The fraction of sp³-hybridized carbons (Fsp3) is 0.0667. The Labute approximate surface area is 122 Å². The Balaban J connectivity index is 2.35. The van der Waals surface area contributed by atoms with Crippen molar-refractivity contribution >= 4 is 16.8 Å². The summed E-state index contributed by atoms with van der Waals surface area (Å²) in [6.45, 7) is 0. The van der Waals surface area contributed by atoms with Crippen LogP contribution in [-0.4, -0.2) is 15.3 Å². The molecule has 4 nitrogen and oxygen atoms in total. The topological polar surface area (TPSA) is 78.2 Å². The predicted octanol–water partition coefficient (Wildman–Crippen LogP) is 2.70. The van der Waals surface area contributed by atoms with E-state index in [9.17, 15) is 13.4 Å². The van der Waals surface area contributed by atoms with Crippen LogP contribution in [0.25, 0.3) is 0 Å². The van der Waals surface area contributed by atoms with Gasteiger partial charge in [-0.25, -0.2) is 9.18 Å². The zero-order valence-electron chi connectivity index (χ0n) is 10.7. The summed E-state index contributed by atoms with van der Waals surface area (Å²) >= 11 is 0. The van der Waals surface area contributed by atoms with Gasteiger partial charge in [0, 0.05) is 5.56 Å². The standard InChI is InChI=1S/C15H10FNO3S/c16-13-6-5-10(8-17)7-11(13)9-21(20)14-4-2-1-3-12(14)15(18)19/h1-7H,9H2,(H,18,19).